The molecule has 0 fully saturated rings. The number of ketones is 1. The first-order chi connectivity index (χ1) is 7.81. The van der Waals surface area contributed by atoms with E-state index in [-0.39, 0.29) is 5.78 Å². The third-order valence-corrected chi connectivity index (χ3v) is 3.15. The molecule has 0 unspecified atom stereocenters. The van der Waals surface area contributed by atoms with E-state index >= 15 is 0 Å². The Bertz CT molecular complexity index is 459. The fourth-order valence-corrected chi connectivity index (χ4v) is 2.17. The molecule has 0 atom stereocenters. The van der Waals surface area contributed by atoms with Crippen LogP contribution in [0.25, 0.3) is 0 Å². The number of aryl methyl sites for hydroxylation is 1. The van der Waals surface area contributed by atoms with E-state index in [0.717, 1.165) is 18.4 Å². The molecule has 0 radical (unpaired) electrons. The predicted octanol–water partition coefficient (Wildman–Crippen LogP) is 3.33. The lowest BCUT2D eigenvalue weighted by Crippen LogP contribution is -2.00. The monoisotopic (exact) mass is 231 g/mol. The van der Waals surface area contributed by atoms with E-state index in [4.69, 9.17) is 0 Å². The number of hydrogen-bond donors (Lipinski definition) is 0. The van der Waals surface area contributed by atoms with Crippen LogP contribution in [0.3, 0.4) is 0 Å². The Labute approximate surface area is 99.0 Å². The van der Waals surface area contributed by atoms with Gasteiger partial charge in [-0.15, -0.1) is 11.3 Å². The number of hydrogen-bond acceptors (Lipinski definition) is 3. The summed E-state index contributed by atoms with van der Waals surface area (Å²) in [5, 5.41) is 2.38. The molecule has 0 spiro atoms. The molecule has 0 N–H and O–H groups in total. The fourth-order valence-electron chi connectivity index (χ4n) is 1.57. The second-order valence-corrected chi connectivity index (χ2v) is 4.51. The fraction of sp³-hybridized carbons (Fsp3) is 0.231. The number of aromatic nitrogens is 1. The number of thiazole rings is 1. The van der Waals surface area contributed by atoms with Crippen LogP contribution in [-0.4, -0.2) is 10.8 Å². The maximum absolute atomic E-state index is 11.9. The van der Waals surface area contributed by atoms with Gasteiger partial charge in [-0.25, -0.2) is 4.98 Å². The lowest BCUT2D eigenvalue weighted by molar-refractivity contribution is 0.103. The van der Waals surface area contributed by atoms with E-state index < -0.39 is 0 Å². The summed E-state index contributed by atoms with van der Waals surface area (Å²) < 4.78 is 0. The zero-order chi connectivity index (χ0) is 11.4. The summed E-state index contributed by atoms with van der Waals surface area (Å²) in [6.45, 7) is 2.15. The highest BCUT2D eigenvalue weighted by Gasteiger charge is 2.10. The second-order valence-electron chi connectivity index (χ2n) is 3.61. The standard InChI is InChI=1S/C13H13NOS/c1-2-3-10-4-6-11(7-5-10)12(15)13-14-8-9-16-13/h4-9H,2-3H2,1H3. The van der Waals surface area contributed by atoms with Gasteiger partial charge in [0.2, 0.25) is 5.78 Å². The highest BCUT2D eigenvalue weighted by Crippen LogP contribution is 2.13. The van der Waals surface area contributed by atoms with E-state index in [2.05, 4.69) is 11.9 Å². The average molecular weight is 231 g/mol. The maximum Gasteiger partial charge on any atom is 0.221 e. The molecule has 2 nitrogen and oxygen atoms in total. The lowest BCUT2D eigenvalue weighted by Gasteiger charge is -2.00. The van der Waals surface area contributed by atoms with Crippen molar-refractivity contribution < 1.29 is 4.79 Å². The van der Waals surface area contributed by atoms with Crippen LogP contribution >= 0.6 is 11.3 Å². The summed E-state index contributed by atoms with van der Waals surface area (Å²) in [7, 11) is 0. The molecule has 0 aliphatic rings. The van der Waals surface area contributed by atoms with Crippen molar-refractivity contribution in [2.24, 2.45) is 0 Å². The van der Waals surface area contributed by atoms with Gasteiger partial charge in [0, 0.05) is 17.1 Å². The molecular formula is C13H13NOS. The van der Waals surface area contributed by atoms with Gasteiger partial charge in [-0.3, -0.25) is 4.79 Å². The van der Waals surface area contributed by atoms with Gasteiger partial charge < -0.3 is 0 Å². The first kappa shape index (κ1) is 11.0. The first-order valence-electron chi connectivity index (χ1n) is 5.34. The van der Waals surface area contributed by atoms with Crippen LogP contribution in [0.5, 0.6) is 0 Å². The summed E-state index contributed by atoms with van der Waals surface area (Å²) in [4.78, 5) is 15.9. The van der Waals surface area contributed by atoms with Crippen LogP contribution in [0.2, 0.25) is 0 Å². The Kier molecular flexibility index (Phi) is 3.47. The molecule has 2 aromatic rings. The maximum atomic E-state index is 11.9. The molecule has 0 aliphatic heterocycles. The van der Waals surface area contributed by atoms with Crippen LogP contribution in [0, 0.1) is 0 Å². The number of carbonyl (C=O) groups excluding carboxylic acids is 1. The first-order valence-corrected chi connectivity index (χ1v) is 6.22. The summed E-state index contributed by atoms with van der Waals surface area (Å²) in [6.07, 6.45) is 3.84. The summed E-state index contributed by atoms with van der Waals surface area (Å²) in [6, 6.07) is 7.80. The molecule has 2 rings (SSSR count). The van der Waals surface area contributed by atoms with Gasteiger partial charge in [0.05, 0.1) is 0 Å². The Morgan fingerprint density at radius 3 is 2.62 bits per heavy atom. The number of nitrogens with zero attached hydrogens (tertiary/aromatic N) is 1. The van der Waals surface area contributed by atoms with Gasteiger partial charge in [0.1, 0.15) is 0 Å². The predicted molar refractivity (Wildman–Crippen MR) is 66.0 cm³/mol. The van der Waals surface area contributed by atoms with E-state index in [0.29, 0.717) is 5.01 Å². The van der Waals surface area contributed by atoms with Gasteiger partial charge in [-0.2, -0.15) is 0 Å². The summed E-state index contributed by atoms with van der Waals surface area (Å²) in [5.74, 6) is 0.0121. The van der Waals surface area contributed by atoms with Crippen molar-refractivity contribution in [3.63, 3.8) is 0 Å². The Balaban J connectivity index is 2.19. The van der Waals surface area contributed by atoms with Crippen LogP contribution in [-0.2, 0) is 6.42 Å². The van der Waals surface area contributed by atoms with Crippen molar-refractivity contribution in [3.8, 4) is 0 Å². The minimum atomic E-state index is 0.0121. The molecular weight excluding hydrogens is 218 g/mol. The van der Waals surface area contributed by atoms with E-state index in [1.807, 2.05) is 29.6 Å². The van der Waals surface area contributed by atoms with Crippen molar-refractivity contribution in [1.29, 1.82) is 0 Å². The average Bonchev–Trinajstić information content (AvgIpc) is 2.83. The molecule has 16 heavy (non-hydrogen) atoms. The number of carbonyl (C=O) groups is 1. The zero-order valence-corrected chi connectivity index (χ0v) is 9.96. The molecule has 1 aromatic carbocycles. The lowest BCUT2D eigenvalue weighted by atomic mass is 10.1. The molecule has 3 heteroatoms. The quantitative estimate of drug-likeness (QED) is 0.755. The Morgan fingerprint density at radius 2 is 2.06 bits per heavy atom. The molecule has 0 amide bonds. The molecule has 1 heterocycles. The van der Waals surface area contributed by atoms with Gasteiger partial charge >= 0.3 is 0 Å². The second kappa shape index (κ2) is 5.03. The molecule has 82 valence electrons. The minimum Gasteiger partial charge on any atom is -0.286 e. The largest absolute Gasteiger partial charge is 0.286 e. The molecule has 1 aromatic heterocycles. The van der Waals surface area contributed by atoms with Crippen molar-refractivity contribution in [2.45, 2.75) is 19.8 Å². The molecule has 0 bridgehead atoms. The highest BCUT2D eigenvalue weighted by molar-refractivity contribution is 7.11. The van der Waals surface area contributed by atoms with Crippen LogP contribution < -0.4 is 0 Å². The number of rotatable bonds is 4. The van der Waals surface area contributed by atoms with Gasteiger partial charge in [0.25, 0.3) is 0 Å². The zero-order valence-electron chi connectivity index (χ0n) is 9.14. The normalized spacial score (nSPS) is 10.3. The Morgan fingerprint density at radius 1 is 1.31 bits per heavy atom. The smallest absolute Gasteiger partial charge is 0.221 e. The molecule has 0 aliphatic carbocycles. The molecule has 0 saturated heterocycles. The summed E-state index contributed by atoms with van der Waals surface area (Å²) in [5.41, 5.74) is 1.99. The van der Waals surface area contributed by atoms with E-state index in [9.17, 15) is 4.79 Å². The van der Waals surface area contributed by atoms with Gasteiger partial charge in [0.15, 0.2) is 5.01 Å². The van der Waals surface area contributed by atoms with Crippen molar-refractivity contribution in [3.05, 3.63) is 52.0 Å². The van der Waals surface area contributed by atoms with Crippen molar-refractivity contribution in [1.82, 2.24) is 4.98 Å². The highest BCUT2D eigenvalue weighted by atomic mass is 32.1. The van der Waals surface area contributed by atoms with Gasteiger partial charge in [-0.1, -0.05) is 37.6 Å². The molecule has 0 saturated carbocycles. The summed E-state index contributed by atoms with van der Waals surface area (Å²) >= 11 is 1.38. The topological polar surface area (TPSA) is 30.0 Å². The SMILES string of the molecule is CCCc1ccc(C(=O)c2nccs2)cc1. The van der Waals surface area contributed by atoms with Crippen LogP contribution in [0.15, 0.2) is 35.8 Å². The van der Waals surface area contributed by atoms with E-state index in [1.54, 1.807) is 6.20 Å². The van der Waals surface area contributed by atoms with Crippen molar-refractivity contribution in [2.75, 3.05) is 0 Å². The van der Waals surface area contributed by atoms with Crippen LogP contribution in [0.4, 0.5) is 0 Å². The minimum absolute atomic E-state index is 0.0121. The third kappa shape index (κ3) is 2.36. The Hall–Kier alpha value is -1.48. The van der Waals surface area contributed by atoms with Crippen molar-refractivity contribution >= 4 is 17.1 Å². The van der Waals surface area contributed by atoms with Gasteiger partial charge in [-0.05, 0) is 12.0 Å². The third-order valence-electron chi connectivity index (χ3n) is 2.38. The van der Waals surface area contributed by atoms with E-state index in [1.165, 1.54) is 16.9 Å². The van der Waals surface area contributed by atoms with Crippen LogP contribution in [0.1, 0.15) is 34.3 Å². The number of benzene rings is 1.